The number of halogens is 2. The van der Waals surface area contributed by atoms with Crippen LogP contribution in [0.2, 0.25) is 0 Å². The predicted octanol–water partition coefficient (Wildman–Crippen LogP) is 5.63. The van der Waals surface area contributed by atoms with Gasteiger partial charge >= 0.3 is 0 Å². The maximum atomic E-state index is 16.9. The van der Waals surface area contributed by atoms with E-state index in [-0.39, 0.29) is 37.5 Å². The Kier molecular flexibility index (Phi) is 7.09. The van der Waals surface area contributed by atoms with Crippen molar-refractivity contribution >= 4 is 17.4 Å². The molecule has 172 valence electrons. The summed E-state index contributed by atoms with van der Waals surface area (Å²) in [7, 11) is 0. The van der Waals surface area contributed by atoms with Crippen LogP contribution < -0.4 is 0 Å². The van der Waals surface area contributed by atoms with E-state index in [1.54, 1.807) is 0 Å². The Labute approximate surface area is 186 Å². The fourth-order valence-electron chi connectivity index (χ4n) is 7.42. The Balaban J connectivity index is 0.00000104. The second-order valence-electron chi connectivity index (χ2n) is 9.77. The van der Waals surface area contributed by atoms with Gasteiger partial charge < -0.3 is 10.2 Å². The van der Waals surface area contributed by atoms with Gasteiger partial charge in [0.25, 0.3) is 0 Å². The van der Waals surface area contributed by atoms with Crippen molar-refractivity contribution < 1.29 is 19.4 Å². The normalized spacial score (nSPS) is 48.8. The zero-order valence-electron chi connectivity index (χ0n) is 18.3. The predicted molar refractivity (Wildman–Crippen MR) is 121 cm³/mol. The van der Waals surface area contributed by atoms with E-state index < -0.39 is 34.0 Å². The molecule has 0 spiro atoms. The van der Waals surface area contributed by atoms with Crippen LogP contribution in [0.4, 0.5) is 4.39 Å². The fraction of sp³-hybridized carbons (Fsp3) is 0.800. The summed E-state index contributed by atoms with van der Waals surface area (Å²) >= 11 is 5.83. The molecule has 3 saturated carbocycles. The number of aliphatic hydroxyl groups excluding tert-OH is 1. The Hall–Kier alpha value is -0.710. The number of carbonyl (C=O) groups excluding carboxylic acids is 1. The lowest BCUT2D eigenvalue weighted by atomic mass is 9.44. The lowest BCUT2D eigenvalue weighted by Gasteiger charge is -2.63. The molecular weight excluding hydrogens is 403 g/mol. The van der Waals surface area contributed by atoms with Crippen LogP contribution in [0.25, 0.3) is 0 Å². The maximum absolute atomic E-state index is 16.9. The molecule has 2 N–H and O–H groups in total. The quantitative estimate of drug-likeness (QED) is 0.545. The fourth-order valence-corrected chi connectivity index (χ4v) is 7.63. The minimum absolute atomic E-state index is 0. The molecule has 0 aromatic heterocycles. The van der Waals surface area contributed by atoms with Crippen molar-refractivity contribution in [2.75, 3.05) is 5.88 Å². The van der Waals surface area contributed by atoms with Gasteiger partial charge in [-0.15, -0.1) is 11.6 Å². The van der Waals surface area contributed by atoms with Crippen LogP contribution >= 0.6 is 11.6 Å². The maximum Gasteiger partial charge on any atom is 0.179 e. The van der Waals surface area contributed by atoms with Crippen molar-refractivity contribution in [1.82, 2.24) is 0 Å². The number of hydrogen-bond donors (Lipinski definition) is 2. The highest BCUT2D eigenvalue weighted by atomic mass is 35.5. The molecule has 4 aliphatic rings. The van der Waals surface area contributed by atoms with Gasteiger partial charge in [-0.05, 0) is 43.9 Å². The highest BCUT2D eigenvalue weighted by Crippen LogP contribution is 2.71. The molecule has 3 fully saturated rings. The number of carbonyl (C=O) groups is 1. The van der Waals surface area contributed by atoms with Crippen LogP contribution in [-0.4, -0.2) is 39.3 Å². The summed E-state index contributed by atoms with van der Waals surface area (Å²) in [4.78, 5) is 12.7. The van der Waals surface area contributed by atoms with Gasteiger partial charge in [0.2, 0.25) is 0 Å². The molecule has 0 bridgehead atoms. The summed E-state index contributed by atoms with van der Waals surface area (Å²) in [6.45, 7) is 9.66. The van der Waals surface area contributed by atoms with Crippen LogP contribution in [0.1, 0.15) is 74.1 Å². The van der Waals surface area contributed by atoms with Crippen LogP contribution in [0, 0.1) is 28.6 Å². The summed E-state index contributed by atoms with van der Waals surface area (Å²) in [6, 6.07) is 0. The first kappa shape index (κ1) is 25.5. The van der Waals surface area contributed by atoms with E-state index in [0.29, 0.717) is 19.3 Å². The van der Waals surface area contributed by atoms with E-state index in [1.807, 2.05) is 52.8 Å². The van der Waals surface area contributed by atoms with Gasteiger partial charge in [-0.2, -0.15) is 0 Å². The summed E-state index contributed by atoms with van der Waals surface area (Å²) in [5.41, 5.74) is -3.87. The highest BCUT2D eigenvalue weighted by molar-refractivity contribution is 6.29. The molecule has 5 heteroatoms. The van der Waals surface area contributed by atoms with Gasteiger partial charge in [0.1, 0.15) is 11.3 Å². The summed E-state index contributed by atoms with van der Waals surface area (Å²) in [5, 5.41) is 22.7. The first-order chi connectivity index (χ1) is 13.6. The Morgan fingerprint density at radius 1 is 1.30 bits per heavy atom. The molecule has 0 radical (unpaired) electrons. The smallest absolute Gasteiger partial charge is 0.179 e. The van der Waals surface area contributed by atoms with Crippen molar-refractivity contribution in [3.8, 4) is 0 Å². The average Bonchev–Trinajstić information content (AvgIpc) is 2.91. The zero-order chi connectivity index (χ0) is 21.8. The second kappa shape index (κ2) is 8.33. The first-order valence-corrected chi connectivity index (χ1v) is 11.7. The molecule has 0 unspecified atom stereocenters. The number of ketones is 1. The number of allylic oxidation sites excluding steroid dienone is 4. The second-order valence-corrected chi connectivity index (χ2v) is 10.0. The van der Waals surface area contributed by atoms with Crippen molar-refractivity contribution in [3.63, 3.8) is 0 Å². The lowest BCUT2D eigenvalue weighted by Crippen LogP contribution is -2.69. The molecule has 0 aliphatic heterocycles. The summed E-state index contributed by atoms with van der Waals surface area (Å²) in [5.74, 6) is -1.49. The van der Waals surface area contributed by atoms with E-state index >= 15 is 4.39 Å². The molecule has 8 atom stereocenters. The Morgan fingerprint density at radius 2 is 1.93 bits per heavy atom. The number of aliphatic hydroxyl groups is 2. The molecule has 30 heavy (non-hydrogen) atoms. The van der Waals surface area contributed by atoms with Gasteiger partial charge in [-0.25, -0.2) is 4.39 Å². The van der Waals surface area contributed by atoms with E-state index in [2.05, 4.69) is 0 Å². The third-order valence-corrected chi connectivity index (χ3v) is 9.17. The molecule has 4 aliphatic carbocycles. The Morgan fingerprint density at radius 3 is 2.53 bits per heavy atom. The molecule has 3 nitrogen and oxygen atoms in total. The third kappa shape index (κ3) is 2.85. The van der Waals surface area contributed by atoms with E-state index in [0.717, 1.165) is 12.0 Å². The number of hydrogen-bond acceptors (Lipinski definition) is 3. The van der Waals surface area contributed by atoms with E-state index in [9.17, 15) is 15.0 Å². The van der Waals surface area contributed by atoms with Crippen molar-refractivity contribution in [3.05, 3.63) is 23.8 Å². The van der Waals surface area contributed by atoms with Crippen LogP contribution in [0.3, 0.4) is 0 Å². The molecule has 0 amide bonds. The van der Waals surface area contributed by atoms with Gasteiger partial charge in [0, 0.05) is 16.7 Å². The third-order valence-electron chi connectivity index (χ3n) is 8.92. The van der Waals surface area contributed by atoms with Crippen molar-refractivity contribution in [2.24, 2.45) is 28.6 Å². The number of Topliss-reactive ketones (excluding diaryl/α,β-unsaturated/α-hetero) is 1. The van der Waals surface area contributed by atoms with Gasteiger partial charge in [0.05, 0.1) is 12.0 Å². The van der Waals surface area contributed by atoms with Gasteiger partial charge in [-0.1, -0.05) is 65.8 Å². The van der Waals surface area contributed by atoms with Crippen molar-refractivity contribution in [2.45, 2.75) is 91.5 Å². The molecule has 0 saturated heterocycles. The standard InChI is InChI=1S/C22H30ClFO3.C2H6.CH4/c1-13-10-16-15-8-7-14-6-4-5-9-19(14,2)21(15,24)17(25)11-20(16,3)22(13,27)18(26)12-23;1-2;/h4-6,13,15-17,25,27H,7-12H2,1-3H3;1-2H3;1H4/t13-,15-,16-,17-,19-,20-,21-,22-;;/m0../s1. The molecule has 4 rings (SSSR count). The Bertz CT molecular complexity index is 736. The van der Waals surface area contributed by atoms with Crippen LogP contribution in [0.5, 0.6) is 0 Å². The van der Waals surface area contributed by atoms with E-state index in [1.165, 1.54) is 0 Å². The minimum atomic E-state index is -1.75. The zero-order valence-corrected chi connectivity index (χ0v) is 19.1. The number of rotatable bonds is 2. The van der Waals surface area contributed by atoms with Gasteiger partial charge in [-0.3, -0.25) is 4.79 Å². The van der Waals surface area contributed by atoms with Crippen molar-refractivity contribution in [1.29, 1.82) is 0 Å². The average molecular weight is 443 g/mol. The topological polar surface area (TPSA) is 57.5 Å². The summed E-state index contributed by atoms with van der Waals surface area (Å²) < 4.78 is 16.9. The summed E-state index contributed by atoms with van der Waals surface area (Å²) in [6.07, 6.45) is 7.44. The van der Waals surface area contributed by atoms with Gasteiger partial charge in [0.15, 0.2) is 5.78 Å². The SMILES string of the molecule is C.CC.C[C@H]1C[C@H]2[C@@H]3CCC4=CC=CC[C@]4(C)[C@@]3(F)[C@@H](O)C[C@]2(C)[C@@]1(O)C(=O)CCl. The lowest BCUT2D eigenvalue weighted by molar-refractivity contribution is -0.225. The molecule has 0 heterocycles. The van der Waals surface area contributed by atoms with Crippen LogP contribution in [0.15, 0.2) is 23.8 Å². The van der Waals surface area contributed by atoms with Crippen LogP contribution in [-0.2, 0) is 4.79 Å². The molecule has 0 aromatic carbocycles. The van der Waals surface area contributed by atoms with E-state index in [4.69, 9.17) is 11.6 Å². The molecule has 0 aromatic rings. The minimum Gasteiger partial charge on any atom is -0.390 e. The monoisotopic (exact) mass is 442 g/mol. The highest BCUT2D eigenvalue weighted by Gasteiger charge is 2.75. The molecular formula is C25H40ClFO3. The first-order valence-electron chi connectivity index (χ1n) is 11.1. The largest absolute Gasteiger partial charge is 0.390 e. The number of fused-ring (bicyclic) bond motifs is 5. The number of alkyl halides is 2.